The lowest BCUT2D eigenvalue weighted by atomic mass is 10.0. The monoisotopic (exact) mass is 278 g/mol. The summed E-state index contributed by atoms with van der Waals surface area (Å²) in [5, 5.41) is 7.84. The van der Waals surface area contributed by atoms with Crippen LogP contribution < -0.4 is 0 Å². The van der Waals surface area contributed by atoms with Crippen molar-refractivity contribution in [3.63, 3.8) is 0 Å². The molecular weight excluding hydrogens is 264 g/mol. The molecule has 104 valence electrons. The van der Waals surface area contributed by atoms with Crippen molar-refractivity contribution in [1.29, 1.82) is 0 Å². The van der Waals surface area contributed by atoms with E-state index in [1.165, 1.54) is 0 Å². The fraction of sp³-hybridized carbons (Fsp3) is 0.188. The zero-order chi connectivity index (χ0) is 14.2. The van der Waals surface area contributed by atoms with E-state index in [2.05, 4.69) is 15.2 Å². The molecule has 0 aliphatic carbocycles. The SMILES string of the molecule is O=C(c1ccc2[nH]ncc2c1)N1CCc2ncccc2C1. The van der Waals surface area contributed by atoms with Gasteiger partial charge in [0.2, 0.25) is 0 Å². The number of nitrogens with zero attached hydrogens (tertiary/aromatic N) is 3. The lowest BCUT2D eigenvalue weighted by Crippen LogP contribution is -2.36. The van der Waals surface area contributed by atoms with Gasteiger partial charge in [0, 0.05) is 42.4 Å². The highest BCUT2D eigenvalue weighted by Gasteiger charge is 2.22. The normalized spacial score (nSPS) is 14.2. The average Bonchev–Trinajstić information content (AvgIpc) is 3.01. The van der Waals surface area contributed by atoms with E-state index < -0.39 is 0 Å². The molecule has 4 rings (SSSR count). The van der Waals surface area contributed by atoms with Crippen LogP contribution in [0.4, 0.5) is 0 Å². The van der Waals surface area contributed by atoms with Crippen LogP contribution >= 0.6 is 0 Å². The first kappa shape index (κ1) is 12.1. The van der Waals surface area contributed by atoms with Gasteiger partial charge in [0.1, 0.15) is 0 Å². The van der Waals surface area contributed by atoms with E-state index in [0.29, 0.717) is 18.7 Å². The largest absolute Gasteiger partial charge is 0.334 e. The molecule has 3 heterocycles. The lowest BCUT2D eigenvalue weighted by molar-refractivity contribution is 0.0733. The van der Waals surface area contributed by atoms with Crippen LogP contribution in [0.2, 0.25) is 0 Å². The quantitative estimate of drug-likeness (QED) is 0.742. The second-order valence-corrected chi connectivity index (χ2v) is 5.26. The predicted octanol–water partition coefficient (Wildman–Crippen LogP) is 2.16. The number of rotatable bonds is 1. The van der Waals surface area contributed by atoms with Gasteiger partial charge in [-0.05, 0) is 29.8 Å². The standard InChI is InChI=1S/C16H14N4O/c21-16(11-3-4-15-13(8-11)9-18-19-15)20-7-5-14-12(10-20)2-1-6-17-14/h1-4,6,8-9H,5,7,10H2,(H,18,19). The number of aromatic nitrogens is 3. The highest BCUT2D eigenvalue weighted by atomic mass is 16.2. The van der Waals surface area contributed by atoms with Crippen LogP contribution in [-0.4, -0.2) is 32.5 Å². The molecule has 3 aromatic rings. The minimum Gasteiger partial charge on any atom is -0.334 e. The summed E-state index contributed by atoms with van der Waals surface area (Å²) >= 11 is 0. The summed E-state index contributed by atoms with van der Waals surface area (Å²) < 4.78 is 0. The number of aromatic amines is 1. The van der Waals surface area contributed by atoms with E-state index in [0.717, 1.165) is 28.6 Å². The number of pyridine rings is 1. The van der Waals surface area contributed by atoms with Gasteiger partial charge in [0.05, 0.1) is 11.7 Å². The van der Waals surface area contributed by atoms with Crippen molar-refractivity contribution in [2.24, 2.45) is 0 Å². The molecule has 0 atom stereocenters. The van der Waals surface area contributed by atoms with Gasteiger partial charge in [-0.1, -0.05) is 6.07 Å². The Morgan fingerprint density at radius 1 is 1.29 bits per heavy atom. The maximum absolute atomic E-state index is 12.6. The van der Waals surface area contributed by atoms with Crippen LogP contribution in [0.1, 0.15) is 21.6 Å². The fourth-order valence-corrected chi connectivity index (χ4v) is 2.80. The molecule has 21 heavy (non-hydrogen) atoms. The fourth-order valence-electron chi connectivity index (χ4n) is 2.80. The molecule has 0 bridgehead atoms. The summed E-state index contributed by atoms with van der Waals surface area (Å²) in [6, 6.07) is 9.60. The number of nitrogens with one attached hydrogen (secondary N) is 1. The van der Waals surface area contributed by atoms with E-state index >= 15 is 0 Å². The van der Waals surface area contributed by atoms with E-state index in [1.54, 1.807) is 6.20 Å². The zero-order valence-electron chi connectivity index (χ0n) is 11.4. The average molecular weight is 278 g/mol. The summed E-state index contributed by atoms with van der Waals surface area (Å²) in [6.45, 7) is 1.34. The van der Waals surface area contributed by atoms with Gasteiger partial charge < -0.3 is 4.90 Å². The number of hydrogen-bond acceptors (Lipinski definition) is 3. The van der Waals surface area contributed by atoms with Crippen LogP contribution in [-0.2, 0) is 13.0 Å². The van der Waals surface area contributed by atoms with E-state index in [-0.39, 0.29) is 5.91 Å². The van der Waals surface area contributed by atoms with Crippen LogP contribution in [0.15, 0.2) is 42.7 Å². The van der Waals surface area contributed by atoms with Gasteiger partial charge in [0.15, 0.2) is 0 Å². The number of carbonyl (C=O) groups excluding carboxylic acids is 1. The van der Waals surface area contributed by atoms with E-state index in [1.807, 2.05) is 41.4 Å². The zero-order valence-corrected chi connectivity index (χ0v) is 11.4. The predicted molar refractivity (Wildman–Crippen MR) is 78.8 cm³/mol. The molecule has 0 saturated heterocycles. The number of carbonyl (C=O) groups is 1. The third-order valence-corrected chi connectivity index (χ3v) is 3.94. The molecule has 1 amide bonds. The molecule has 0 saturated carbocycles. The van der Waals surface area contributed by atoms with Gasteiger partial charge in [-0.3, -0.25) is 14.9 Å². The molecule has 5 heteroatoms. The smallest absolute Gasteiger partial charge is 0.254 e. The van der Waals surface area contributed by atoms with Gasteiger partial charge >= 0.3 is 0 Å². The first-order chi connectivity index (χ1) is 10.3. The highest BCUT2D eigenvalue weighted by Crippen LogP contribution is 2.20. The van der Waals surface area contributed by atoms with Crippen LogP contribution in [0.5, 0.6) is 0 Å². The molecule has 1 N–H and O–H groups in total. The Morgan fingerprint density at radius 2 is 2.24 bits per heavy atom. The molecule has 0 fully saturated rings. The summed E-state index contributed by atoms with van der Waals surface area (Å²) in [4.78, 5) is 18.9. The number of H-pyrrole nitrogens is 1. The summed E-state index contributed by atoms with van der Waals surface area (Å²) in [7, 11) is 0. The number of hydrogen-bond donors (Lipinski definition) is 1. The van der Waals surface area contributed by atoms with Crippen molar-refractivity contribution in [2.45, 2.75) is 13.0 Å². The Kier molecular flexibility index (Phi) is 2.70. The molecule has 1 aliphatic heterocycles. The van der Waals surface area contributed by atoms with Gasteiger partial charge in [-0.2, -0.15) is 5.10 Å². The minimum absolute atomic E-state index is 0.0626. The molecular formula is C16H14N4O. The summed E-state index contributed by atoms with van der Waals surface area (Å²) in [6.07, 6.45) is 4.36. The van der Waals surface area contributed by atoms with E-state index in [9.17, 15) is 4.79 Å². The van der Waals surface area contributed by atoms with Gasteiger partial charge in [0.25, 0.3) is 5.91 Å². The van der Waals surface area contributed by atoms with Crippen molar-refractivity contribution >= 4 is 16.8 Å². The topological polar surface area (TPSA) is 61.9 Å². The molecule has 0 spiro atoms. The van der Waals surface area contributed by atoms with Crippen LogP contribution in [0.3, 0.4) is 0 Å². The number of benzene rings is 1. The summed E-state index contributed by atoms with van der Waals surface area (Å²) in [5.74, 6) is 0.0626. The third kappa shape index (κ3) is 2.07. The first-order valence-corrected chi connectivity index (χ1v) is 6.96. The first-order valence-electron chi connectivity index (χ1n) is 6.96. The van der Waals surface area contributed by atoms with Crippen molar-refractivity contribution in [3.05, 3.63) is 59.5 Å². The maximum Gasteiger partial charge on any atom is 0.254 e. The van der Waals surface area contributed by atoms with Crippen LogP contribution in [0, 0.1) is 0 Å². The second-order valence-electron chi connectivity index (χ2n) is 5.26. The summed E-state index contributed by atoms with van der Waals surface area (Å²) in [5.41, 5.74) is 3.89. The Morgan fingerprint density at radius 3 is 3.19 bits per heavy atom. The minimum atomic E-state index is 0.0626. The van der Waals surface area contributed by atoms with Crippen molar-refractivity contribution in [1.82, 2.24) is 20.1 Å². The molecule has 0 radical (unpaired) electrons. The van der Waals surface area contributed by atoms with Crippen molar-refractivity contribution in [2.75, 3.05) is 6.54 Å². The Balaban J connectivity index is 1.63. The van der Waals surface area contributed by atoms with E-state index in [4.69, 9.17) is 0 Å². The third-order valence-electron chi connectivity index (χ3n) is 3.94. The van der Waals surface area contributed by atoms with Crippen molar-refractivity contribution in [3.8, 4) is 0 Å². The Labute approximate surface area is 121 Å². The molecule has 5 nitrogen and oxygen atoms in total. The number of fused-ring (bicyclic) bond motifs is 2. The number of amides is 1. The molecule has 1 aromatic carbocycles. The molecule has 2 aromatic heterocycles. The van der Waals surface area contributed by atoms with Crippen molar-refractivity contribution < 1.29 is 4.79 Å². The lowest BCUT2D eigenvalue weighted by Gasteiger charge is -2.28. The van der Waals surface area contributed by atoms with Gasteiger partial charge in [-0.15, -0.1) is 0 Å². The Bertz CT molecular complexity index is 824. The van der Waals surface area contributed by atoms with Gasteiger partial charge in [-0.25, -0.2) is 0 Å². The second kappa shape index (κ2) is 4.70. The maximum atomic E-state index is 12.6. The Hall–Kier alpha value is -2.69. The molecule has 0 unspecified atom stereocenters. The molecule has 1 aliphatic rings. The highest BCUT2D eigenvalue weighted by molar-refractivity contribution is 5.97. The van der Waals surface area contributed by atoms with Crippen LogP contribution in [0.25, 0.3) is 10.9 Å².